The Morgan fingerprint density at radius 1 is 1.57 bits per heavy atom. The van der Waals surface area contributed by atoms with Crippen molar-refractivity contribution in [3.8, 4) is 11.8 Å². The average Bonchev–Trinajstić information content (AvgIpc) is 2.19. The first-order valence-corrected chi connectivity index (χ1v) is 4.61. The summed E-state index contributed by atoms with van der Waals surface area (Å²) >= 11 is 0. The molecule has 1 fully saturated rings. The molecule has 14 heavy (non-hydrogen) atoms. The Bertz CT molecular complexity index is 248. The van der Waals surface area contributed by atoms with E-state index in [1.807, 2.05) is 0 Å². The summed E-state index contributed by atoms with van der Waals surface area (Å²) in [5, 5.41) is 0. The SMILES string of the molecule is CC#CC(=O)N(C)CC1COCCO1. The topological polar surface area (TPSA) is 38.8 Å². The van der Waals surface area contributed by atoms with Gasteiger partial charge >= 0.3 is 0 Å². The summed E-state index contributed by atoms with van der Waals surface area (Å²) in [7, 11) is 1.71. The molecule has 1 unspecified atom stereocenters. The van der Waals surface area contributed by atoms with E-state index in [1.165, 1.54) is 0 Å². The van der Waals surface area contributed by atoms with Crippen LogP contribution in [-0.4, -0.2) is 50.3 Å². The molecule has 1 rings (SSSR count). The van der Waals surface area contributed by atoms with Crippen LogP contribution in [0.2, 0.25) is 0 Å². The third-order valence-electron chi connectivity index (χ3n) is 1.94. The zero-order valence-corrected chi connectivity index (χ0v) is 8.58. The zero-order valence-electron chi connectivity index (χ0n) is 8.58. The highest BCUT2D eigenvalue weighted by Gasteiger charge is 2.18. The van der Waals surface area contributed by atoms with E-state index >= 15 is 0 Å². The van der Waals surface area contributed by atoms with Gasteiger partial charge < -0.3 is 14.4 Å². The number of rotatable bonds is 2. The maximum atomic E-state index is 11.3. The van der Waals surface area contributed by atoms with Crippen molar-refractivity contribution in [1.82, 2.24) is 4.90 Å². The van der Waals surface area contributed by atoms with Crippen molar-refractivity contribution in [2.75, 3.05) is 33.4 Å². The maximum Gasteiger partial charge on any atom is 0.298 e. The van der Waals surface area contributed by atoms with Gasteiger partial charge in [-0.25, -0.2) is 0 Å². The molecular formula is C10H15NO3. The molecule has 1 amide bonds. The van der Waals surface area contributed by atoms with E-state index in [4.69, 9.17) is 9.47 Å². The van der Waals surface area contributed by atoms with Crippen molar-refractivity contribution >= 4 is 5.91 Å². The normalized spacial score (nSPS) is 20.9. The number of likely N-dealkylation sites (N-methyl/N-ethyl adjacent to an activating group) is 1. The highest BCUT2D eigenvalue weighted by atomic mass is 16.6. The lowest BCUT2D eigenvalue weighted by molar-refractivity contribution is -0.130. The van der Waals surface area contributed by atoms with Crippen molar-refractivity contribution in [1.29, 1.82) is 0 Å². The van der Waals surface area contributed by atoms with Gasteiger partial charge in [0.1, 0.15) is 0 Å². The van der Waals surface area contributed by atoms with Crippen molar-refractivity contribution in [3.05, 3.63) is 0 Å². The molecule has 0 saturated carbocycles. The molecule has 1 aliphatic heterocycles. The number of nitrogens with zero attached hydrogens (tertiary/aromatic N) is 1. The summed E-state index contributed by atoms with van der Waals surface area (Å²) < 4.78 is 10.6. The molecule has 78 valence electrons. The molecule has 4 heteroatoms. The predicted molar refractivity (Wildman–Crippen MR) is 51.6 cm³/mol. The Balaban J connectivity index is 2.33. The van der Waals surface area contributed by atoms with E-state index in [2.05, 4.69) is 11.8 Å². The third kappa shape index (κ3) is 3.36. The Hall–Kier alpha value is -1.05. The summed E-state index contributed by atoms with van der Waals surface area (Å²) in [5.41, 5.74) is 0. The molecule has 0 aromatic heterocycles. The minimum absolute atomic E-state index is 0.0173. The Morgan fingerprint density at radius 3 is 2.93 bits per heavy atom. The molecular weight excluding hydrogens is 182 g/mol. The quantitative estimate of drug-likeness (QED) is 0.579. The number of hydrogen-bond donors (Lipinski definition) is 0. The van der Waals surface area contributed by atoms with Crippen LogP contribution >= 0.6 is 0 Å². The molecule has 0 N–H and O–H groups in total. The maximum absolute atomic E-state index is 11.3. The van der Waals surface area contributed by atoms with Gasteiger partial charge in [-0.05, 0) is 12.8 Å². The largest absolute Gasteiger partial charge is 0.376 e. The van der Waals surface area contributed by atoms with Gasteiger partial charge in [-0.3, -0.25) is 4.79 Å². The fourth-order valence-corrected chi connectivity index (χ4v) is 1.23. The fraction of sp³-hybridized carbons (Fsp3) is 0.700. The molecule has 0 aromatic carbocycles. The summed E-state index contributed by atoms with van der Waals surface area (Å²) in [6.45, 7) is 3.98. The van der Waals surface area contributed by atoms with Crippen LogP contribution in [0.5, 0.6) is 0 Å². The van der Waals surface area contributed by atoms with Gasteiger partial charge in [-0.2, -0.15) is 0 Å². The van der Waals surface area contributed by atoms with Gasteiger partial charge in [0.25, 0.3) is 5.91 Å². The molecule has 0 aliphatic carbocycles. The molecule has 0 bridgehead atoms. The van der Waals surface area contributed by atoms with E-state index in [1.54, 1.807) is 18.9 Å². The average molecular weight is 197 g/mol. The minimum Gasteiger partial charge on any atom is -0.376 e. The van der Waals surface area contributed by atoms with Crippen LogP contribution in [-0.2, 0) is 14.3 Å². The second-order valence-corrected chi connectivity index (χ2v) is 3.13. The summed E-state index contributed by atoms with van der Waals surface area (Å²) in [4.78, 5) is 12.8. The monoisotopic (exact) mass is 197 g/mol. The van der Waals surface area contributed by atoms with Crippen molar-refractivity contribution in [2.45, 2.75) is 13.0 Å². The lowest BCUT2D eigenvalue weighted by Gasteiger charge is -2.26. The van der Waals surface area contributed by atoms with Gasteiger partial charge in [0, 0.05) is 13.6 Å². The smallest absolute Gasteiger partial charge is 0.298 e. The summed E-state index contributed by atoms with van der Waals surface area (Å²) in [5.74, 6) is 4.87. The Kier molecular flexibility index (Phi) is 4.44. The van der Waals surface area contributed by atoms with Crippen molar-refractivity contribution < 1.29 is 14.3 Å². The second kappa shape index (κ2) is 5.63. The van der Waals surface area contributed by atoms with Crippen molar-refractivity contribution in [3.63, 3.8) is 0 Å². The van der Waals surface area contributed by atoms with E-state index in [0.29, 0.717) is 26.4 Å². The first-order valence-electron chi connectivity index (χ1n) is 4.61. The molecule has 1 saturated heterocycles. The van der Waals surface area contributed by atoms with Crippen LogP contribution in [0.15, 0.2) is 0 Å². The third-order valence-corrected chi connectivity index (χ3v) is 1.94. The molecule has 0 radical (unpaired) electrons. The Morgan fingerprint density at radius 2 is 2.36 bits per heavy atom. The van der Waals surface area contributed by atoms with Crippen LogP contribution in [0, 0.1) is 11.8 Å². The van der Waals surface area contributed by atoms with Crippen LogP contribution < -0.4 is 0 Å². The summed E-state index contributed by atoms with van der Waals surface area (Å²) in [6, 6.07) is 0. The zero-order chi connectivity index (χ0) is 10.4. The first-order chi connectivity index (χ1) is 6.74. The number of amides is 1. The fourth-order valence-electron chi connectivity index (χ4n) is 1.23. The van der Waals surface area contributed by atoms with Crippen LogP contribution in [0.4, 0.5) is 0 Å². The highest BCUT2D eigenvalue weighted by molar-refractivity contribution is 5.93. The van der Waals surface area contributed by atoms with E-state index < -0.39 is 0 Å². The van der Waals surface area contributed by atoms with E-state index in [0.717, 1.165) is 0 Å². The van der Waals surface area contributed by atoms with Gasteiger partial charge in [-0.1, -0.05) is 5.92 Å². The highest BCUT2D eigenvalue weighted by Crippen LogP contribution is 2.02. The van der Waals surface area contributed by atoms with Gasteiger partial charge in [0.05, 0.1) is 25.9 Å². The number of carbonyl (C=O) groups excluding carboxylic acids is 1. The van der Waals surface area contributed by atoms with Crippen LogP contribution in [0.25, 0.3) is 0 Å². The first kappa shape index (κ1) is 11.0. The lowest BCUT2D eigenvalue weighted by atomic mass is 10.3. The van der Waals surface area contributed by atoms with Crippen molar-refractivity contribution in [2.24, 2.45) is 0 Å². The Labute approximate surface area is 84.2 Å². The molecule has 1 atom stereocenters. The molecule has 1 aliphatic rings. The molecule has 1 heterocycles. The number of hydrogen-bond acceptors (Lipinski definition) is 3. The molecule has 4 nitrogen and oxygen atoms in total. The second-order valence-electron chi connectivity index (χ2n) is 3.13. The van der Waals surface area contributed by atoms with E-state index in [9.17, 15) is 4.79 Å². The van der Waals surface area contributed by atoms with E-state index in [-0.39, 0.29) is 12.0 Å². The van der Waals surface area contributed by atoms with Gasteiger partial charge in [-0.15, -0.1) is 0 Å². The predicted octanol–water partition coefficient (Wildman–Crippen LogP) is -0.117. The standard InChI is InChI=1S/C10H15NO3/c1-3-4-10(12)11(2)7-9-8-13-5-6-14-9/h9H,5-8H2,1-2H3. The van der Waals surface area contributed by atoms with Crippen LogP contribution in [0.3, 0.4) is 0 Å². The minimum atomic E-state index is -0.179. The number of carbonyl (C=O) groups is 1. The summed E-state index contributed by atoms with van der Waals surface area (Å²) in [6.07, 6.45) is -0.0173. The van der Waals surface area contributed by atoms with Gasteiger partial charge in [0.2, 0.25) is 0 Å². The lowest BCUT2D eigenvalue weighted by Crippen LogP contribution is -2.40. The number of ether oxygens (including phenoxy) is 2. The van der Waals surface area contributed by atoms with Gasteiger partial charge in [0.15, 0.2) is 0 Å². The van der Waals surface area contributed by atoms with Crippen LogP contribution in [0.1, 0.15) is 6.92 Å². The molecule has 0 aromatic rings. The molecule has 0 spiro atoms.